The van der Waals surface area contributed by atoms with Crippen LogP contribution in [0.15, 0.2) is 42.3 Å². The number of methoxy groups -OCH3 is 1. The van der Waals surface area contributed by atoms with E-state index in [1.54, 1.807) is 6.07 Å². The molecule has 0 radical (unpaired) electrons. The van der Waals surface area contributed by atoms with Gasteiger partial charge in [0.05, 0.1) is 23.8 Å². The third-order valence-electron chi connectivity index (χ3n) is 10.3. The minimum atomic E-state index is -1.26. The number of aromatic nitrogens is 3. The summed E-state index contributed by atoms with van der Waals surface area (Å²) < 4.78 is 26.2. The highest BCUT2D eigenvalue weighted by Gasteiger charge is 2.69. The topological polar surface area (TPSA) is 83.3 Å². The lowest BCUT2D eigenvalue weighted by molar-refractivity contribution is -0.189. The Bertz CT molecular complexity index is 1400. The first-order valence-electron chi connectivity index (χ1n) is 13.6. The Labute approximate surface area is 233 Å². The number of thiol groups is 1. The Hall–Kier alpha value is -2.78. The summed E-state index contributed by atoms with van der Waals surface area (Å²) in [4.78, 5) is 29.5. The molecule has 0 aromatic carbocycles. The third kappa shape index (κ3) is 3.72. The number of pyridine rings is 1. The third-order valence-corrected chi connectivity index (χ3v) is 10.6. The van der Waals surface area contributed by atoms with Crippen molar-refractivity contribution in [3.8, 4) is 5.69 Å². The predicted octanol–water partition coefficient (Wildman–Crippen LogP) is 5.00. The van der Waals surface area contributed by atoms with Gasteiger partial charge in [-0.1, -0.05) is 32.9 Å². The Kier molecular flexibility index (Phi) is 6.19. The second kappa shape index (κ2) is 9.13. The molecule has 0 amide bonds. The van der Waals surface area contributed by atoms with Gasteiger partial charge in [-0.25, -0.2) is 14.5 Å². The lowest BCUT2D eigenvalue weighted by atomic mass is 9.45. The van der Waals surface area contributed by atoms with E-state index < -0.39 is 22.9 Å². The molecule has 2 unspecified atom stereocenters. The zero-order valence-electron chi connectivity index (χ0n) is 22.7. The summed E-state index contributed by atoms with van der Waals surface area (Å²) in [5.74, 6) is -0.0332. The highest BCUT2D eigenvalue weighted by atomic mass is 32.1. The zero-order chi connectivity index (χ0) is 27.7. The molecule has 7 nitrogen and oxygen atoms in total. The summed E-state index contributed by atoms with van der Waals surface area (Å²) in [6, 6.07) is 3.03. The number of fused-ring (bicyclic) bond motifs is 6. The first-order chi connectivity index (χ1) is 18.5. The maximum Gasteiger partial charge on any atom is 0.333 e. The van der Waals surface area contributed by atoms with Crippen LogP contribution in [0.5, 0.6) is 0 Å². The zero-order valence-corrected chi connectivity index (χ0v) is 23.6. The summed E-state index contributed by atoms with van der Waals surface area (Å²) in [6.07, 6.45) is 13.0. The van der Waals surface area contributed by atoms with Crippen LogP contribution in [0.2, 0.25) is 0 Å². The van der Waals surface area contributed by atoms with Crippen molar-refractivity contribution in [2.45, 2.75) is 52.1 Å². The lowest BCUT2D eigenvalue weighted by Crippen LogP contribution is -2.60. The largest absolute Gasteiger partial charge is 0.448 e. The van der Waals surface area contributed by atoms with E-state index in [4.69, 9.17) is 9.47 Å². The maximum absolute atomic E-state index is 13.4. The molecule has 2 aromatic rings. The molecule has 2 saturated carbocycles. The van der Waals surface area contributed by atoms with Gasteiger partial charge in [0.1, 0.15) is 6.61 Å². The normalized spacial score (nSPS) is 36.3. The molecule has 7 atom stereocenters. The molecule has 2 fully saturated rings. The van der Waals surface area contributed by atoms with Crippen LogP contribution in [-0.2, 0) is 25.5 Å². The van der Waals surface area contributed by atoms with Crippen molar-refractivity contribution >= 4 is 29.8 Å². The molecule has 0 spiro atoms. The molecule has 206 valence electrons. The summed E-state index contributed by atoms with van der Waals surface area (Å²) >= 11 is 4.28. The number of carbonyl (C=O) groups excluding carboxylic acids is 2. The maximum atomic E-state index is 13.4. The number of allylic oxidation sites excluding steroid dienone is 3. The summed E-state index contributed by atoms with van der Waals surface area (Å²) in [7, 11) is 1.44. The molecular weight excluding hydrogens is 517 g/mol. The van der Waals surface area contributed by atoms with Gasteiger partial charge in [-0.15, -0.1) is 12.6 Å². The van der Waals surface area contributed by atoms with Crippen LogP contribution in [0, 0.1) is 40.4 Å². The van der Waals surface area contributed by atoms with Crippen LogP contribution in [-0.4, -0.2) is 45.2 Å². The van der Waals surface area contributed by atoms with Crippen molar-refractivity contribution in [1.82, 2.24) is 14.8 Å². The number of carbonyl (C=O) groups is 2. The molecule has 0 aliphatic heterocycles. The van der Waals surface area contributed by atoms with E-state index in [0.717, 1.165) is 36.2 Å². The van der Waals surface area contributed by atoms with E-state index in [1.165, 1.54) is 24.9 Å². The molecule has 2 aromatic heterocycles. The van der Waals surface area contributed by atoms with Crippen molar-refractivity contribution in [2.24, 2.45) is 34.5 Å². The van der Waals surface area contributed by atoms with Gasteiger partial charge < -0.3 is 9.47 Å². The number of hydrogen-bond donors (Lipinski definition) is 1. The molecule has 4 aliphatic rings. The molecule has 0 N–H and O–H groups in total. The van der Waals surface area contributed by atoms with E-state index in [2.05, 4.69) is 61.7 Å². The number of esters is 1. The minimum absolute atomic E-state index is 0.120. The van der Waals surface area contributed by atoms with E-state index >= 15 is 0 Å². The highest BCUT2D eigenvalue weighted by Crippen LogP contribution is 2.68. The Morgan fingerprint density at radius 3 is 2.74 bits per heavy atom. The number of rotatable bonds is 5. The van der Waals surface area contributed by atoms with Gasteiger partial charge in [0.15, 0.2) is 5.60 Å². The quantitative estimate of drug-likeness (QED) is 0.320. The van der Waals surface area contributed by atoms with Gasteiger partial charge in [0.2, 0.25) is 11.1 Å². The second-order valence-electron chi connectivity index (χ2n) is 12.2. The van der Waals surface area contributed by atoms with Crippen LogP contribution in [0.25, 0.3) is 11.8 Å². The SMILES string of the molecule is COCC(=O)O[C@]1(C(=O)S)CCC2[C@@H]3C=CC4=Cc5c(cnn5-c5ccc(F)nc5)C[C@]4(C)C3[C@@H](C)C[C@@]21C. The van der Waals surface area contributed by atoms with Gasteiger partial charge in [0.25, 0.3) is 0 Å². The van der Waals surface area contributed by atoms with Crippen LogP contribution >= 0.6 is 12.6 Å². The first kappa shape index (κ1) is 26.4. The average Bonchev–Trinajstić information content (AvgIpc) is 3.41. The van der Waals surface area contributed by atoms with E-state index in [1.807, 2.05) is 10.9 Å². The van der Waals surface area contributed by atoms with Gasteiger partial charge in [-0.2, -0.15) is 9.49 Å². The van der Waals surface area contributed by atoms with Crippen molar-refractivity contribution < 1.29 is 23.5 Å². The first-order valence-corrected chi connectivity index (χ1v) is 14.0. The number of hydrogen-bond acceptors (Lipinski definition) is 6. The Morgan fingerprint density at radius 1 is 1.26 bits per heavy atom. The van der Waals surface area contributed by atoms with Crippen molar-refractivity contribution in [3.05, 3.63) is 59.5 Å². The van der Waals surface area contributed by atoms with Gasteiger partial charge >= 0.3 is 5.97 Å². The second-order valence-corrected chi connectivity index (χ2v) is 12.7. The fourth-order valence-electron chi connectivity index (χ4n) is 8.79. The lowest BCUT2D eigenvalue weighted by Gasteiger charge is -2.59. The van der Waals surface area contributed by atoms with Crippen LogP contribution in [0.1, 0.15) is 51.3 Å². The van der Waals surface area contributed by atoms with Crippen molar-refractivity contribution in [1.29, 1.82) is 0 Å². The van der Waals surface area contributed by atoms with E-state index in [-0.39, 0.29) is 34.9 Å². The van der Waals surface area contributed by atoms with Crippen LogP contribution in [0.4, 0.5) is 4.39 Å². The standard InChI is InChI=1S/C30H34FN3O4S/c1-17-12-29(3)22(9-10-30(29,27(36)39)38-25(35)16-37-4)21-7-5-19-11-23-18(13-28(19,2)26(17)21)14-33-34(23)20-6-8-24(31)32-15-20/h5-8,11,14-15,17,21-22,26H,9-10,12-13,16H2,1-4H3,(H,36,39)/t17-,21-,22?,26?,28-,29-,30-/m0/s1. The Balaban J connectivity index is 1.38. The molecule has 4 aliphatic carbocycles. The van der Waals surface area contributed by atoms with E-state index in [9.17, 15) is 14.0 Å². The monoisotopic (exact) mass is 551 g/mol. The molecule has 2 heterocycles. The van der Waals surface area contributed by atoms with Gasteiger partial charge in [-0.05, 0) is 78.7 Å². The van der Waals surface area contributed by atoms with Gasteiger partial charge in [-0.3, -0.25) is 4.79 Å². The highest BCUT2D eigenvalue weighted by molar-refractivity contribution is 7.96. The fourth-order valence-corrected chi connectivity index (χ4v) is 9.20. The fraction of sp³-hybridized carbons (Fsp3) is 0.533. The van der Waals surface area contributed by atoms with E-state index in [0.29, 0.717) is 12.3 Å². The number of ether oxygens (including phenoxy) is 2. The summed E-state index contributed by atoms with van der Waals surface area (Å²) in [5, 5.41) is 4.26. The smallest absolute Gasteiger partial charge is 0.333 e. The van der Waals surface area contributed by atoms with Crippen molar-refractivity contribution in [3.63, 3.8) is 0 Å². The number of nitrogens with zero attached hydrogens (tertiary/aromatic N) is 3. The summed E-state index contributed by atoms with van der Waals surface area (Å²) in [5.41, 5.74) is 2.22. The molecule has 6 rings (SSSR count). The van der Waals surface area contributed by atoms with Gasteiger partial charge in [0, 0.05) is 17.9 Å². The minimum Gasteiger partial charge on any atom is -0.448 e. The van der Waals surface area contributed by atoms with Crippen LogP contribution < -0.4 is 0 Å². The molecule has 39 heavy (non-hydrogen) atoms. The molecular formula is C30H34FN3O4S. The molecule has 0 bridgehead atoms. The van der Waals surface area contributed by atoms with Crippen molar-refractivity contribution in [2.75, 3.05) is 13.7 Å². The molecule has 9 heteroatoms. The molecule has 0 saturated heterocycles. The average molecular weight is 552 g/mol. The number of halogens is 1. The summed E-state index contributed by atoms with van der Waals surface area (Å²) in [6.45, 7) is 6.55. The Morgan fingerprint density at radius 2 is 2.05 bits per heavy atom. The predicted molar refractivity (Wildman–Crippen MR) is 147 cm³/mol. The van der Waals surface area contributed by atoms with Crippen LogP contribution in [0.3, 0.4) is 0 Å².